The molecule has 1 saturated carbocycles. The summed E-state index contributed by atoms with van der Waals surface area (Å²) in [7, 11) is 1.79. The first kappa shape index (κ1) is 21.7. The van der Waals surface area contributed by atoms with E-state index in [1.165, 1.54) is 0 Å². The summed E-state index contributed by atoms with van der Waals surface area (Å²) in [6, 6.07) is 0.233. The number of amides is 2. The summed E-state index contributed by atoms with van der Waals surface area (Å²) in [6.07, 6.45) is 2.05. The molecule has 2 aromatic rings. The molecule has 164 valence electrons. The third-order valence-electron chi connectivity index (χ3n) is 4.58. The topological polar surface area (TPSA) is 139 Å². The van der Waals surface area contributed by atoms with E-state index in [-0.39, 0.29) is 34.9 Å². The number of aromatic nitrogens is 4. The van der Waals surface area contributed by atoms with Crippen molar-refractivity contribution in [1.29, 1.82) is 0 Å². The van der Waals surface area contributed by atoms with Crippen LogP contribution in [0.1, 0.15) is 73.6 Å². The third kappa shape index (κ3) is 5.77. The van der Waals surface area contributed by atoms with E-state index in [0.717, 1.165) is 12.8 Å². The first-order valence-electron chi connectivity index (χ1n) is 10.1. The Morgan fingerprint density at radius 2 is 1.73 bits per heavy atom. The Morgan fingerprint density at radius 1 is 1.10 bits per heavy atom. The van der Waals surface area contributed by atoms with Crippen LogP contribution in [0.3, 0.4) is 0 Å². The molecule has 2 aromatic heterocycles. The van der Waals surface area contributed by atoms with Crippen molar-refractivity contribution in [1.82, 2.24) is 30.9 Å². The molecule has 2 N–H and O–H groups in total. The van der Waals surface area contributed by atoms with E-state index in [1.54, 1.807) is 11.9 Å². The molecule has 3 rings (SSSR count). The van der Waals surface area contributed by atoms with Crippen LogP contribution < -0.4 is 15.5 Å². The van der Waals surface area contributed by atoms with Gasteiger partial charge in [0.2, 0.25) is 5.89 Å². The van der Waals surface area contributed by atoms with Gasteiger partial charge in [0.1, 0.15) is 0 Å². The fourth-order valence-corrected chi connectivity index (χ4v) is 2.83. The van der Waals surface area contributed by atoms with Crippen LogP contribution in [0, 0.1) is 11.3 Å². The largest absolute Gasteiger partial charge is 0.349 e. The molecule has 0 atom stereocenters. The molecule has 2 heterocycles. The van der Waals surface area contributed by atoms with Crippen LogP contribution in [0.25, 0.3) is 0 Å². The van der Waals surface area contributed by atoms with Crippen LogP contribution in [0.2, 0.25) is 0 Å². The van der Waals surface area contributed by atoms with Crippen molar-refractivity contribution in [3.8, 4) is 0 Å². The number of nitrogens with zero attached hydrogens (tertiary/aromatic N) is 5. The van der Waals surface area contributed by atoms with Gasteiger partial charge in [0.05, 0.1) is 0 Å². The molecule has 0 spiro atoms. The molecule has 0 aliphatic heterocycles. The van der Waals surface area contributed by atoms with Crippen LogP contribution >= 0.6 is 0 Å². The van der Waals surface area contributed by atoms with Crippen molar-refractivity contribution in [2.24, 2.45) is 11.3 Å². The van der Waals surface area contributed by atoms with E-state index in [4.69, 9.17) is 9.05 Å². The second-order valence-electron chi connectivity index (χ2n) is 8.94. The molecule has 0 unspecified atom stereocenters. The van der Waals surface area contributed by atoms with E-state index >= 15 is 0 Å². The van der Waals surface area contributed by atoms with Crippen LogP contribution in [0.15, 0.2) is 9.05 Å². The van der Waals surface area contributed by atoms with Crippen molar-refractivity contribution in [2.45, 2.75) is 46.5 Å². The predicted molar refractivity (Wildman–Crippen MR) is 107 cm³/mol. The summed E-state index contributed by atoms with van der Waals surface area (Å²) < 4.78 is 10.3. The number of hydrogen-bond acceptors (Lipinski definition) is 9. The Kier molecular flexibility index (Phi) is 6.37. The van der Waals surface area contributed by atoms with E-state index in [0.29, 0.717) is 37.4 Å². The molecule has 30 heavy (non-hydrogen) atoms. The minimum atomic E-state index is -0.372. The van der Waals surface area contributed by atoms with Gasteiger partial charge in [-0.3, -0.25) is 9.59 Å². The Labute approximate surface area is 175 Å². The van der Waals surface area contributed by atoms with E-state index < -0.39 is 0 Å². The van der Waals surface area contributed by atoms with Gasteiger partial charge in [-0.15, -0.1) is 0 Å². The molecule has 1 fully saturated rings. The van der Waals surface area contributed by atoms with Crippen LogP contribution in [0.5, 0.6) is 0 Å². The fourth-order valence-electron chi connectivity index (χ4n) is 2.83. The molecule has 2 amide bonds. The molecule has 11 heteroatoms. The molecular formula is C19H29N7O4. The maximum absolute atomic E-state index is 12.3. The van der Waals surface area contributed by atoms with Crippen molar-refractivity contribution in [3.63, 3.8) is 0 Å². The molecule has 1 aliphatic carbocycles. The quantitative estimate of drug-likeness (QED) is 0.588. The molecular weight excluding hydrogens is 390 g/mol. The Bertz CT molecular complexity index is 885. The summed E-state index contributed by atoms with van der Waals surface area (Å²) in [5.41, 5.74) is -0.331. The van der Waals surface area contributed by atoms with E-state index in [2.05, 4.69) is 30.9 Å². The molecule has 11 nitrogen and oxygen atoms in total. The minimum absolute atomic E-state index is 0.00724. The van der Waals surface area contributed by atoms with Gasteiger partial charge in [0, 0.05) is 32.6 Å². The lowest BCUT2D eigenvalue weighted by molar-refractivity contribution is 0.0920. The molecule has 0 saturated heterocycles. The molecule has 0 bridgehead atoms. The standard InChI is InChI=1S/C19H29N7O4/c1-11(2)8-20-15(27)14-23-18(30-25-14)26(5)10-19(3,4)9-21-16(28)13-22-17(29-24-13)12-6-7-12/h11-12H,6-10H2,1-5H3,(H,20,27)(H,21,28). The van der Waals surface area contributed by atoms with Gasteiger partial charge in [0.15, 0.2) is 0 Å². The number of nitrogens with one attached hydrogen (secondary N) is 2. The van der Waals surface area contributed by atoms with Gasteiger partial charge < -0.3 is 24.6 Å². The van der Waals surface area contributed by atoms with Gasteiger partial charge >= 0.3 is 6.01 Å². The second kappa shape index (κ2) is 8.80. The zero-order valence-electron chi connectivity index (χ0n) is 18.1. The fraction of sp³-hybridized carbons (Fsp3) is 0.684. The van der Waals surface area contributed by atoms with E-state index in [1.807, 2.05) is 27.7 Å². The van der Waals surface area contributed by atoms with Crippen LogP contribution in [-0.4, -0.2) is 58.8 Å². The lowest BCUT2D eigenvalue weighted by Gasteiger charge is -2.29. The maximum Gasteiger partial charge on any atom is 0.324 e. The zero-order valence-corrected chi connectivity index (χ0v) is 18.1. The third-order valence-corrected chi connectivity index (χ3v) is 4.58. The first-order valence-corrected chi connectivity index (χ1v) is 10.1. The lowest BCUT2D eigenvalue weighted by atomic mass is 9.93. The average molecular weight is 419 g/mol. The number of hydrogen-bond donors (Lipinski definition) is 2. The lowest BCUT2D eigenvalue weighted by Crippen LogP contribution is -2.41. The van der Waals surface area contributed by atoms with E-state index in [9.17, 15) is 9.59 Å². The summed E-state index contributed by atoms with van der Waals surface area (Å²) in [5, 5.41) is 13.1. The van der Waals surface area contributed by atoms with Gasteiger partial charge in [0.25, 0.3) is 23.5 Å². The summed E-state index contributed by atoms with van der Waals surface area (Å²) in [4.78, 5) is 34.4. The van der Waals surface area contributed by atoms with Gasteiger partial charge in [-0.1, -0.05) is 32.9 Å². The Hall–Kier alpha value is -2.98. The highest BCUT2D eigenvalue weighted by Gasteiger charge is 2.31. The normalized spacial score (nSPS) is 14.1. The number of carbonyl (C=O) groups excluding carboxylic acids is 2. The van der Waals surface area contributed by atoms with Gasteiger partial charge in [-0.25, -0.2) is 0 Å². The number of anilines is 1. The summed E-state index contributed by atoms with van der Waals surface area (Å²) in [6.45, 7) is 9.39. The maximum atomic E-state index is 12.3. The van der Waals surface area contributed by atoms with Gasteiger partial charge in [-0.05, 0) is 29.3 Å². The summed E-state index contributed by atoms with van der Waals surface area (Å²) >= 11 is 0. The average Bonchev–Trinajstić information content (AvgIpc) is 3.20. The predicted octanol–water partition coefficient (Wildman–Crippen LogP) is 1.61. The minimum Gasteiger partial charge on any atom is -0.349 e. The first-order chi connectivity index (χ1) is 14.1. The number of rotatable bonds is 10. The van der Waals surface area contributed by atoms with Crippen molar-refractivity contribution in [2.75, 3.05) is 31.6 Å². The summed E-state index contributed by atoms with van der Waals surface area (Å²) in [5.74, 6) is 0.459. The Morgan fingerprint density at radius 3 is 2.40 bits per heavy atom. The smallest absolute Gasteiger partial charge is 0.324 e. The van der Waals surface area contributed by atoms with Crippen molar-refractivity contribution < 1.29 is 18.6 Å². The zero-order chi connectivity index (χ0) is 21.9. The van der Waals surface area contributed by atoms with Crippen molar-refractivity contribution in [3.05, 3.63) is 17.5 Å². The van der Waals surface area contributed by atoms with Crippen LogP contribution in [-0.2, 0) is 0 Å². The highest BCUT2D eigenvalue weighted by Crippen LogP contribution is 2.38. The number of carbonyl (C=O) groups is 2. The highest BCUT2D eigenvalue weighted by molar-refractivity contribution is 5.90. The molecule has 1 aliphatic rings. The Balaban J connectivity index is 1.50. The second-order valence-corrected chi connectivity index (χ2v) is 8.94. The monoisotopic (exact) mass is 419 g/mol. The van der Waals surface area contributed by atoms with Gasteiger partial charge in [-0.2, -0.15) is 9.97 Å². The molecule has 0 aromatic carbocycles. The van der Waals surface area contributed by atoms with Crippen LogP contribution in [0.4, 0.5) is 6.01 Å². The SMILES string of the molecule is CC(C)CNC(=O)c1noc(N(C)CC(C)(C)CNC(=O)c2noc(C3CC3)n2)n1. The highest BCUT2D eigenvalue weighted by atomic mass is 16.5. The van der Waals surface area contributed by atoms with Crippen molar-refractivity contribution >= 4 is 17.8 Å². The molecule has 0 radical (unpaired) electrons.